The number of amides is 2. The standard InChI is InChI=1S/C26H22BrIN2O4/c1-33-21-9-14(8-20(28)24(21)34-12-13-2-4-15(27)5-3-13)11-29-30-25(31)22-16-6-7-17(19-10-18(16)19)23(22)26(30)32/h2-9,11,16-19,22-23H,10,12H2,1H3/b29-11-/t16-,17-,18-,19-,22-,23+/m0/s1. The van der Waals surface area contributed by atoms with Crippen molar-refractivity contribution in [2.75, 3.05) is 7.11 Å². The van der Waals surface area contributed by atoms with E-state index in [0.29, 0.717) is 29.9 Å². The van der Waals surface area contributed by atoms with E-state index in [1.165, 1.54) is 0 Å². The Balaban J connectivity index is 1.20. The van der Waals surface area contributed by atoms with Gasteiger partial charge in [-0.25, -0.2) is 0 Å². The Morgan fingerprint density at radius 1 is 1.09 bits per heavy atom. The molecule has 5 aliphatic rings. The molecule has 0 spiro atoms. The van der Waals surface area contributed by atoms with Crippen molar-refractivity contribution in [2.45, 2.75) is 13.0 Å². The summed E-state index contributed by atoms with van der Waals surface area (Å²) in [4.78, 5) is 26.2. The number of imide groups is 1. The number of benzene rings is 2. The first-order valence-electron chi connectivity index (χ1n) is 11.3. The van der Waals surface area contributed by atoms with E-state index in [4.69, 9.17) is 9.47 Å². The summed E-state index contributed by atoms with van der Waals surface area (Å²) in [7, 11) is 1.59. The number of hydrazone groups is 1. The minimum absolute atomic E-state index is 0.160. The van der Waals surface area contributed by atoms with E-state index >= 15 is 0 Å². The van der Waals surface area contributed by atoms with Crippen molar-refractivity contribution in [1.82, 2.24) is 5.01 Å². The summed E-state index contributed by atoms with van der Waals surface area (Å²) in [5, 5.41) is 5.44. The number of carbonyl (C=O) groups is 2. The molecule has 0 radical (unpaired) electrons. The van der Waals surface area contributed by atoms with Gasteiger partial charge in [-0.2, -0.15) is 10.1 Å². The van der Waals surface area contributed by atoms with Gasteiger partial charge in [-0.05, 0) is 88.1 Å². The first kappa shape index (κ1) is 22.3. The predicted molar refractivity (Wildman–Crippen MR) is 138 cm³/mol. The van der Waals surface area contributed by atoms with Gasteiger partial charge in [-0.3, -0.25) is 9.59 Å². The molecule has 2 amide bonds. The Hall–Kier alpha value is -2.20. The number of ether oxygens (including phenoxy) is 2. The molecule has 0 aromatic heterocycles. The van der Waals surface area contributed by atoms with E-state index in [2.05, 4.69) is 55.8 Å². The van der Waals surface area contributed by atoms with E-state index in [1.54, 1.807) is 19.4 Å². The summed E-state index contributed by atoms with van der Waals surface area (Å²) in [6.45, 7) is 0.408. The number of allylic oxidation sites excluding steroid dienone is 2. The van der Waals surface area contributed by atoms with Crippen LogP contribution in [-0.4, -0.2) is 30.1 Å². The van der Waals surface area contributed by atoms with Crippen LogP contribution in [-0.2, 0) is 16.2 Å². The molecular weight excluding hydrogens is 611 g/mol. The molecule has 8 heteroatoms. The van der Waals surface area contributed by atoms with E-state index in [1.807, 2.05) is 30.3 Å². The lowest BCUT2D eigenvalue weighted by molar-refractivity contribution is -0.140. The molecule has 0 unspecified atom stereocenters. The second-order valence-corrected chi connectivity index (χ2v) is 11.4. The third-order valence-electron chi connectivity index (χ3n) is 7.51. The second-order valence-electron chi connectivity index (χ2n) is 9.34. The van der Waals surface area contributed by atoms with Crippen LogP contribution in [0.4, 0.5) is 0 Å². The molecular formula is C26H22BrIN2O4. The Labute approximate surface area is 219 Å². The minimum atomic E-state index is -0.243. The van der Waals surface area contributed by atoms with Crippen molar-refractivity contribution in [3.8, 4) is 11.5 Å². The summed E-state index contributed by atoms with van der Waals surface area (Å²) in [5.74, 6) is 1.95. The van der Waals surface area contributed by atoms with Crippen molar-refractivity contribution >= 4 is 56.5 Å². The Bertz CT molecular complexity index is 1210. The van der Waals surface area contributed by atoms with Crippen LogP contribution in [0.15, 0.2) is 58.1 Å². The predicted octanol–water partition coefficient (Wildman–Crippen LogP) is 5.03. The van der Waals surface area contributed by atoms with Gasteiger partial charge in [0.2, 0.25) is 0 Å². The third kappa shape index (κ3) is 3.61. The summed E-state index contributed by atoms with van der Waals surface area (Å²) in [6, 6.07) is 11.7. The number of hydrogen-bond acceptors (Lipinski definition) is 5. The minimum Gasteiger partial charge on any atom is -0.493 e. The zero-order chi connectivity index (χ0) is 23.6. The van der Waals surface area contributed by atoms with Crippen LogP contribution in [0, 0.1) is 39.1 Å². The molecule has 174 valence electrons. The van der Waals surface area contributed by atoms with Gasteiger partial charge in [-0.15, -0.1) is 0 Å². The Morgan fingerprint density at radius 2 is 1.74 bits per heavy atom. The molecule has 2 bridgehead atoms. The van der Waals surface area contributed by atoms with Gasteiger partial charge in [0.1, 0.15) is 6.61 Å². The van der Waals surface area contributed by atoms with Gasteiger partial charge >= 0.3 is 0 Å². The molecule has 4 aliphatic carbocycles. The quantitative estimate of drug-likeness (QED) is 0.194. The maximum atomic E-state index is 13.1. The summed E-state index contributed by atoms with van der Waals surface area (Å²) in [6.07, 6.45) is 7.04. The monoisotopic (exact) mass is 632 g/mol. The molecule has 1 aliphatic heterocycles. The van der Waals surface area contributed by atoms with Crippen molar-refractivity contribution < 1.29 is 19.1 Å². The molecule has 2 saturated carbocycles. The SMILES string of the molecule is COc1cc(/C=N\N2C(=O)[C@@H]3[C@H]4C=C[C@@H]([C@@H]5C[C@@H]45)[C@@H]3C2=O)cc(I)c1OCc1ccc(Br)cc1. The smallest absolute Gasteiger partial charge is 0.254 e. The van der Waals surface area contributed by atoms with E-state index in [9.17, 15) is 9.59 Å². The lowest BCUT2D eigenvalue weighted by atomic mass is 9.63. The van der Waals surface area contributed by atoms with Crippen LogP contribution in [0.1, 0.15) is 17.5 Å². The average Bonchev–Trinajstić information content (AvgIpc) is 3.62. The number of carbonyl (C=O) groups excluding carboxylic acids is 2. The van der Waals surface area contributed by atoms with Crippen molar-refractivity contribution in [3.05, 3.63) is 67.7 Å². The number of nitrogens with zero attached hydrogens (tertiary/aromatic N) is 2. The molecule has 1 saturated heterocycles. The number of rotatable bonds is 6. The van der Waals surface area contributed by atoms with Gasteiger partial charge in [0.15, 0.2) is 11.5 Å². The Morgan fingerprint density at radius 3 is 2.35 bits per heavy atom. The van der Waals surface area contributed by atoms with Crippen molar-refractivity contribution in [3.63, 3.8) is 0 Å². The van der Waals surface area contributed by atoms with Gasteiger partial charge in [0.05, 0.1) is 28.7 Å². The summed E-state index contributed by atoms with van der Waals surface area (Å²) >= 11 is 5.63. The fourth-order valence-electron chi connectivity index (χ4n) is 5.87. The highest BCUT2D eigenvalue weighted by molar-refractivity contribution is 14.1. The van der Waals surface area contributed by atoms with Crippen LogP contribution in [0.2, 0.25) is 0 Å². The van der Waals surface area contributed by atoms with Crippen molar-refractivity contribution in [1.29, 1.82) is 0 Å². The van der Waals surface area contributed by atoms with Crippen molar-refractivity contribution in [2.24, 2.45) is 40.6 Å². The molecule has 7 rings (SSSR count). The highest BCUT2D eigenvalue weighted by Gasteiger charge is 2.67. The van der Waals surface area contributed by atoms with E-state index < -0.39 is 0 Å². The highest BCUT2D eigenvalue weighted by atomic mass is 127. The van der Waals surface area contributed by atoms with Crippen LogP contribution >= 0.6 is 38.5 Å². The van der Waals surface area contributed by atoms with Crippen LogP contribution in [0.3, 0.4) is 0 Å². The van der Waals surface area contributed by atoms with Crippen LogP contribution in [0.5, 0.6) is 11.5 Å². The molecule has 2 aromatic carbocycles. The summed E-state index contributed by atoms with van der Waals surface area (Å²) in [5.41, 5.74) is 1.77. The maximum Gasteiger partial charge on any atom is 0.254 e. The zero-order valence-corrected chi connectivity index (χ0v) is 22.1. The topological polar surface area (TPSA) is 68.2 Å². The van der Waals surface area contributed by atoms with E-state index in [-0.39, 0.29) is 35.5 Å². The summed E-state index contributed by atoms with van der Waals surface area (Å²) < 4.78 is 13.5. The lowest BCUT2D eigenvalue weighted by Crippen LogP contribution is -2.40. The Kier molecular flexibility index (Phi) is 5.55. The van der Waals surface area contributed by atoms with Gasteiger partial charge in [-0.1, -0.05) is 40.2 Å². The molecule has 1 heterocycles. The number of halogens is 2. The molecule has 6 atom stereocenters. The van der Waals surface area contributed by atoms with E-state index in [0.717, 1.165) is 30.6 Å². The maximum absolute atomic E-state index is 13.1. The molecule has 6 nitrogen and oxygen atoms in total. The fraction of sp³-hybridized carbons (Fsp3) is 0.346. The number of hydrogen-bond donors (Lipinski definition) is 0. The first-order chi connectivity index (χ1) is 16.5. The normalized spacial score (nSPS) is 30.6. The van der Waals surface area contributed by atoms with Gasteiger partial charge in [0, 0.05) is 4.47 Å². The van der Waals surface area contributed by atoms with Gasteiger partial charge < -0.3 is 9.47 Å². The number of methoxy groups -OCH3 is 1. The van der Waals surface area contributed by atoms with Gasteiger partial charge in [0.25, 0.3) is 11.8 Å². The largest absolute Gasteiger partial charge is 0.493 e. The fourth-order valence-corrected chi connectivity index (χ4v) is 6.92. The highest BCUT2D eigenvalue weighted by Crippen LogP contribution is 2.65. The first-order valence-corrected chi connectivity index (χ1v) is 13.2. The molecule has 34 heavy (non-hydrogen) atoms. The molecule has 3 fully saturated rings. The van der Waals surface area contributed by atoms with Crippen LogP contribution < -0.4 is 9.47 Å². The molecule has 2 aromatic rings. The third-order valence-corrected chi connectivity index (χ3v) is 8.84. The second kappa shape index (κ2) is 8.48. The average molecular weight is 633 g/mol. The lowest BCUT2D eigenvalue weighted by Gasteiger charge is -2.37. The zero-order valence-electron chi connectivity index (χ0n) is 18.4. The van der Waals surface area contributed by atoms with Crippen LogP contribution in [0.25, 0.3) is 0 Å². The molecule has 0 N–H and O–H groups in total.